The van der Waals surface area contributed by atoms with Crippen LogP contribution in [-0.2, 0) is 4.79 Å². The Labute approximate surface area is 111 Å². The fraction of sp³-hybridized carbons (Fsp3) is 0.929. The highest BCUT2D eigenvalue weighted by molar-refractivity contribution is 5.69. The second kappa shape index (κ2) is 7.74. The lowest BCUT2D eigenvalue weighted by molar-refractivity contribution is -0.138. The molecule has 0 radical (unpaired) electrons. The number of carboxylic acid groups (broad SMARTS) is 1. The molecular formula is C14H28N2O2. The van der Waals surface area contributed by atoms with E-state index in [1.54, 1.807) is 0 Å². The Morgan fingerprint density at radius 3 is 2.72 bits per heavy atom. The zero-order valence-corrected chi connectivity index (χ0v) is 12.0. The minimum Gasteiger partial charge on any atom is -0.480 e. The maximum atomic E-state index is 10.8. The van der Waals surface area contributed by atoms with Crippen molar-refractivity contribution in [1.29, 1.82) is 0 Å². The number of piperidine rings is 1. The van der Waals surface area contributed by atoms with E-state index in [-0.39, 0.29) is 6.54 Å². The van der Waals surface area contributed by atoms with Crippen molar-refractivity contribution < 1.29 is 9.90 Å². The van der Waals surface area contributed by atoms with Crippen LogP contribution in [0.15, 0.2) is 0 Å². The molecule has 4 nitrogen and oxygen atoms in total. The summed E-state index contributed by atoms with van der Waals surface area (Å²) in [5, 5.41) is 12.5. The Morgan fingerprint density at radius 1 is 1.44 bits per heavy atom. The standard InChI is InChI=1S/C14H28N2O2/c1-4-5-12-6-13(15-7-11(2)3)9-16(8-12)10-14(17)18/h11-13,15H,4-10H2,1-3H3,(H,17,18). The monoisotopic (exact) mass is 256 g/mol. The first-order valence-electron chi connectivity index (χ1n) is 7.18. The summed E-state index contributed by atoms with van der Waals surface area (Å²) in [4.78, 5) is 12.9. The molecule has 1 heterocycles. The van der Waals surface area contributed by atoms with Gasteiger partial charge in [0.2, 0.25) is 0 Å². The number of likely N-dealkylation sites (tertiary alicyclic amines) is 1. The SMILES string of the molecule is CCCC1CC(NCC(C)C)CN(CC(=O)O)C1. The maximum Gasteiger partial charge on any atom is 0.317 e. The van der Waals surface area contributed by atoms with Crippen molar-refractivity contribution in [3.05, 3.63) is 0 Å². The summed E-state index contributed by atoms with van der Waals surface area (Å²) in [6.07, 6.45) is 3.58. The summed E-state index contributed by atoms with van der Waals surface area (Å²) in [5.41, 5.74) is 0. The Bertz CT molecular complexity index is 256. The van der Waals surface area contributed by atoms with Gasteiger partial charge in [-0.3, -0.25) is 9.69 Å². The fourth-order valence-corrected chi connectivity index (χ4v) is 2.79. The van der Waals surface area contributed by atoms with Gasteiger partial charge >= 0.3 is 5.97 Å². The molecule has 0 amide bonds. The Hall–Kier alpha value is -0.610. The van der Waals surface area contributed by atoms with Crippen LogP contribution in [0.2, 0.25) is 0 Å². The summed E-state index contributed by atoms with van der Waals surface area (Å²) in [7, 11) is 0. The van der Waals surface area contributed by atoms with Gasteiger partial charge in [0.15, 0.2) is 0 Å². The largest absolute Gasteiger partial charge is 0.480 e. The predicted molar refractivity (Wildman–Crippen MR) is 73.7 cm³/mol. The second-order valence-corrected chi connectivity index (χ2v) is 5.98. The van der Waals surface area contributed by atoms with E-state index in [0.29, 0.717) is 17.9 Å². The van der Waals surface area contributed by atoms with Crippen LogP contribution in [0.1, 0.15) is 40.0 Å². The Balaban J connectivity index is 2.47. The molecule has 0 aromatic heterocycles. The highest BCUT2D eigenvalue weighted by Gasteiger charge is 2.27. The molecule has 2 unspecified atom stereocenters. The van der Waals surface area contributed by atoms with Gasteiger partial charge in [-0.25, -0.2) is 0 Å². The molecule has 106 valence electrons. The van der Waals surface area contributed by atoms with Gasteiger partial charge in [0.1, 0.15) is 0 Å². The van der Waals surface area contributed by atoms with Crippen LogP contribution in [-0.4, -0.2) is 48.2 Å². The van der Waals surface area contributed by atoms with E-state index >= 15 is 0 Å². The quantitative estimate of drug-likeness (QED) is 0.729. The van der Waals surface area contributed by atoms with Gasteiger partial charge in [0.05, 0.1) is 6.54 Å². The molecule has 0 aromatic rings. The van der Waals surface area contributed by atoms with Gasteiger partial charge in [-0.15, -0.1) is 0 Å². The predicted octanol–water partition coefficient (Wildman–Crippen LogP) is 1.81. The van der Waals surface area contributed by atoms with E-state index in [1.165, 1.54) is 19.3 Å². The van der Waals surface area contributed by atoms with Crippen molar-refractivity contribution >= 4 is 5.97 Å². The van der Waals surface area contributed by atoms with E-state index in [2.05, 4.69) is 31.0 Å². The minimum atomic E-state index is -0.713. The summed E-state index contributed by atoms with van der Waals surface area (Å²) in [6.45, 7) is 9.62. The maximum absolute atomic E-state index is 10.8. The first-order chi connectivity index (χ1) is 8.51. The number of hydrogen-bond acceptors (Lipinski definition) is 3. The number of aliphatic carboxylic acids is 1. The van der Waals surface area contributed by atoms with Crippen LogP contribution in [0, 0.1) is 11.8 Å². The van der Waals surface area contributed by atoms with Crippen LogP contribution in [0.25, 0.3) is 0 Å². The van der Waals surface area contributed by atoms with E-state index in [0.717, 1.165) is 19.6 Å². The molecule has 1 fully saturated rings. The van der Waals surface area contributed by atoms with E-state index in [1.807, 2.05) is 0 Å². The number of nitrogens with one attached hydrogen (secondary N) is 1. The molecule has 0 aromatic carbocycles. The van der Waals surface area contributed by atoms with E-state index in [9.17, 15) is 4.79 Å². The van der Waals surface area contributed by atoms with Gasteiger partial charge < -0.3 is 10.4 Å². The number of hydrogen-bond donors (Lipinski definition) is 2. The van der Waals surface area contributed by atoms with Crippen molar-refractivity contribution in [3.8, 4) is 0 Å². The van der Waals surface area contributed by atoms with Gasteiger partial charge in [-0.2, -0.15) is 0 Å². The normalized spacial score (nSPS) is 25.6. The number of carboxylic acids is 1. The zero-order chi connectivity index (χ0) is 13.5. The lowest BCUT2D eigenvalue weighted by Gasteiger charge is -2.37. The molecule has 18 heavy (non-hydrogen) atoms. The summed E-state index contributed by atoms with van der Waals surface area (Å²) < 4.78 is 0. The topological polar surface area (TPSA) is 52.6 Å². The average Bonchev–Trinajstić information content (AvgIpc) is 2.25. The summed E-state index contributed by atoms with van der Waals surface area (Å²) in [6, 6.07) is 0.456. The molecule has 1 aliphatic heterocycles. The van der Waals surface area contributed by atoms with Crippen molar-refractivity contribution in [2.75, 3.05) is 26.2 Å². The van der Waals surface area contributed by atoms with Gasteiger partial charge in [0.25, 0.3) is 0 Å². The molecule has 2 atom stereocenters. The first kappa shape index (κ1) is 15.4. The molecule has 0 aliphatic carbocycles. The Kier molecular flexibility index (Phi) is 6.65. The van der Waals surface area contributed by atoms with Gasteiger partial charge in [-0.05, 0) is 31.2 Å². The van der Waals surface area contributed by atoms with Gasteiger partial charge in [0, 0.05) is 19.1 Å². The summed E-state index contributed by atoms with van der Waals surface area (Å²) in [5.74, 6) is 0.576. The Morgan fingerprint density at radius 2 is 2.17 bits per heavy atom. The third-order valence-corrected chi connectivity index (χ3v) is 3.48. The molecule has 1 saturated heterocycles. The summed E-state index contributed by atoms with van der Waals surface area (Å²) >= 11 is 0. The lowest BCUT2D eigenvalue weighted by Crippen LogP contribution is -2.51. The fourth-order valence-electron chi connectivity index (χ4n) is 2.79. The molecule has 1 rings (SSSR count). The smallest absolute Gasteiger partial charge is 0.317 e. The number of nitrogens with zero attached hydrogens (tertiary/aromatic N) is 1. The number of rotatable bonds is 7. The molecule has 4 heteroatoms. The van der Waals surface area contributed by atoms with Crippen LogP contribution in [0.5, 0.6) is 0 Å². The van der Waals surface area contributed by atoms with Crippen LogP contribution in [0.3, 0.4) is 0 Å². The van der Waals surface area contributed by atoms with Crippen LogP contribution < -0.4 is 5.32 Å². The average molecular weight is 256 g/mol. The lowest BCUT2D eigenvalue weighted by atomic mass is 9.90. The van der Waals surface area contributed by atoms with Crippen molar-refractivity contribution in [2.24, 2.45) is 11.8 Å². The van der Waals surface area contributed by atoms with Crippen molar-refractivity contribution in [1.82, 2.24) is 10.2 Å². The molecule has 2 N–H and O–H groups in total. The minimum absolute atomic E-state index is 0.181. The zero-order valence-electron chi connectivity index (χ0n) is 12.0. The van der Waals surface area contributed by atoms with Crippen LogP contribution in [0.4, 0.5) is 0 Å². The van der Waals surface area contributed by atoms with Crippen molar-refractivity contribution in [3.63, 3.8) is 0 Å². The van der Waals surface area contributed by atoms with Crippen molar-refractivity contribution in [2.45, 2.75) is 46.1 Å². The highest BCUT2D eigenvalue weighted by atomic mass is 16.4. The molecule has 0 saturated carbocycles. The van der Waals surface area contributed by atoms with Gasteiger partial charge in [-0.1, -0.05) is 27.2 Å². The highest BCUT2D eigenvalue weighted by Crippen LogP contribution is 2.21. The number of carbonyl (C=O) groups is 1. The molecule has 1 aliphatic rings. The third kappa shape index (κ3) is 5.83. The van der Waals surface area contributed by atoms with E-state index < -0.39 is 5.97 Å². The molecule has 0 spiro atoms. The second-order valence-electron chi connectivity index (χ2n) is 5.98. The van der Waals surface area contributed by atoms with E-state index in [4.69, 9.17) is 5.11 Å². The third-order valence-electron chi connectivity index (χ3n) is 3.48. The molecule has 0 bridgehead atoms. The molecular weight excluding hydrogens is 228 g/mol. The van der Waals surface area contributed by atoms with Crippen LogP contribution >= 0.6 is 0 Å². The first-order valence-corrected chi connectivity index (χ1v) is 7.18.